The van der Waals surface area contributed by atoms with E-state index in [1.165, 1.54) is 24.0 Å². The van der Waals surface area contributed by atoms with E-state index in [1.807, 2.05) is 12.1 Å². The SMILES string of the molecule is COC[C@H]1CCCN1Cc1ccc(-c2cccc(CN(C)C(=O)CN)c2)cc1. The summed E-state index contributed by atoms with van der Waals surface area (Å²) in [5, 5.41) is 0. The third-order valence-corrected chi connectivity index (χ3v) is 5.48. The highest BCUT2D eigenvalue weighted by atomic mass is 16.5. The topological polar surface area (TPSA) is 58.8 Å². The Labute approximate surface area is 168 Å². The molecule has 0 radical (unpaired) electrons. The summed E-state index contributed by atoms with van der Waals surface area (Å²) < 4.78 is 5.36. The van der Waals surface area contributed by atoms with E-state index in [2.05, 4.69) is 41.3 Å². The van der Waals surface area contributed by atoms with Gasteiger partial charge < -0.3 is 15.4 Å². The smallest absolute Gasteiger partial charge is 0.236 e. The fourth-order valence-corrected chi connectivity index (χ4v) is 3.89. The summed E-state index contributed by atoms with van der Waals surface area (Å²) in [7, 11) is 3.56. The summed E-state index contributed by atoms with van der Waals surface area (Å²) in [4.78, 5) is 15.9. The number of carbonyl (C=O) groups is 1. The number of likely N-dealkylation sites (N-methyl/N-ethyl adjacent to an activating group) is 1. The number of hydrogen-bond donors (Lipinski definition) is 1. The van der Waals surface area contributed by atoms with E-state index in [0.717, 1.165) is 30.8 Å². The number of ether oxygens (including phenoxy) is 1. The van der Waals surface area contributed by atoms with Crippen molar-refractivity contribution in [3.63, 3.8) is 0 Å². The number of benzene rings is 2. The second kappa shape index (κ2) is 9.82. The van der Waals surface area contributed by atoms with Crippen molar-refractivity contribution in [2.75, 3.05) is 33.9 Å². The van der Waals surface area contributed by atoms with Gasteiger partial charge in [0.05, 0.1) is 13.2 Å². The molecular formula is C23H31N3O2. The van der Waals surface area contributed by atoms with Gasteiger partial charge in [-0.05, 0) is 47.7 Å². The predicted molar refractivity (Wildman–Crippen MR) is 113 cm³/mol. The van der Waals surface area contributed by atoms with Gasteiger partial charge in [-0.2, -0.15) is 0 Å². The average molecular weight is 382 g/mol. The van der Waals surface area contributed by atoms with Crippen molar-refractivity contribution >= 4 is 5.91 Å². The van der Waals surface area contributed by atoms with Crippen LogP contribution in [0.3, 0.4) is 0 Å². The first-order chi connectivity index (χ1) is 13.6. The van der Waals surface area contributed by atoms with Crippen LogP contribution in [0.4, 0.5) is 0 Å². The van der Waals surface area contributed by atoms with Crippen LogP contribution in [-0.4, -0.2) is 55.6 Å². The zero-order valence-electron chi connectivity index (χ0n) is 16.9. The van der Waals surface area contributed by atoms with Crippen molar-refractivity contribution in [2.45, 2.75) is 32.0 Å². The molecule has 5 nitrogen and oxygen atoms in total. The van der Waals surface area contributed by atoms with Crippen molar-refractivity contribution in [3.8, 4) is 11.1 Å². The Hall–Kier alpha value is -2.21. The van der Waals surface area contributed by atoms with Crippen LogP contribution in [0.15, 0.2) is 48.5 Å². The molecule has 0 saturated carbocycles. The first kappa shape index (κ1) is 20.5. The summed E-state index contributed by atoms with van der Waals surface area (Å²) in [5.41, 5.74) is 10.2. The molecule has 0 aromatic heterocycles. The number of likely N-dealkylation sites (tertiary alicyclic amines) is 1. The van der Waals surface area contributed by atoms with Crippen LogP contribution >= 0.6 is 0 Å². The molecule has 28 heavy (non-hydrogen) atoms. The Bertz CT molecular complexity index is 776. The standard InChI is InChI=1S/C23H31N3O2/c1-25(23(27)14-24)15-19-5-3-6-21(13-19)20-10-8-18(9-11-20)16-26-12-4-7-22(26)17-28-2/h3,5-6,8-11,13,22H,4,7,12,14-17,24H2,1-2H3/t22-/m1/s1. The van der Waals surface area contributed by atoms with Crippen LogP contribution in [0.25, 0.3) is 11.1 Å². The fraction of sp³-hybridized carbons (Fsp3) is 0.435. The lowest BCUT2D eigenvalue weighted by Crippen LogP contribution is -2.32. The van der Waals surface area contributed by atoms with E-state index in [4.69, 9.17) is 10.5 Å². The quantitative estimate of drug-likeness (QED) is 0.764. The third-order valence-electron chi connectivity index (χ3n) is 5.48. The number of carbonyl (C=O) groups excluding carboxylic acids is 1. The highest BCUT2D eigenvalue weighted by molar-refractivity contribution is 5.77. The molecule has 0 spiro atoms. The first-order valence-corrected chi connectivity index (χ1v) is 9.96. The summed E-state index contributed by atoms with van der Waals surface area (Å²) in [5.74, 6) is -0.0524. The molecule has 1 atom stereocenters. The van der Waals surface area contributed by atoms with Crippen LogP contribution in [0.2, 0.25) is 0 Å². The Morgan fingerprint density at radius 2 is 1.96 bits per heavy atom. The number of hydrogen-bond acceptors (Lipinski definition) is 4. The molecule has 2 aromatic rings. The molecule has 1 aliphatic rings. The molecule has 0 bridgehead atoms. The molecule has 3 rings (SSSR count). The molecule has 2 aromatic carbocycles. The van der Waals surface area contributed by atoms with Crippen molar-refractivity contribution in [1.29, 1.82) is 0 Å². The van der Waals surface area contributed by atoms with Crippen LogP contribution in [0.5, 0.6) is 0 Å². The van der Waals surface area contributed by atoms with Gasteiger partial charge >= 0.3 is 0 Å². The Balaban J connectivity index is 1.66. The largest absolute Gasteiger partial charge is 0.383 e. The van der Waals surface area contributed by atoms with E-state index in [-0.39, 0.29) is 12.5 Å². The molecule has 2 N–H and O–H groups in total. The minimum absolute atomic E-state index is 0.0416. The highest BCUT2D eigenvalue weighted by Gasteiger charge is 2.24. The minimum atomic E-state index is -0.0524. The number of amides is 1. The number of nitrogens with two attached hydrogens (primary N) is 1. The van der Waals surface area contributed by atoms with Crippen molar-refractivity contribution in [1.82, 2.24) is 9.80 Å². The molecule has 1 fully saturated rings. The lowest BCUT2D eigenvalue weighted by atomic mass is 10.0. The summed E-state index contributed by atoms with van der Waals surface area (Å²) in [6, 6.07) is 17.7. The van der Waals surface area contributed by atoms with Gasteiger partial charge in [-0.3, -0.25) is 9.69 Å². The van der Waals surface area contributed by atoms with Crippen LogP contribution in [-0.2, 0) is 22.6 Å². The monoisotopic (exact) mass is 381 g/mol. The maximum absolute atomic E-state index is 11.7. The number of rotatable bonds is 8. The van der Waals surface area contributed by atoms with Crippen LogP contribution < -0.4 is 5.73 Å². The van der Waals surface area contributed by atoms with Gasteiger partial charge in [0, 0.05) is 33.3 Å². The second-order valence-corrected chi connectivity index (χ2v) is 7.57. The van der Waals surface area contributed by atoms with Crippen LogP contribution in [0.1, 0.15) is 24.0 Å². The Kier molecular flexibility index (Phi) is 7.20. The van der Waals surface area contributed by atoms with Gasteiger partial charge in [-0.15, -0.1) is 0 Å². The molecule has 0 unspecified atom stereocenters. The fourth-order valence-electron chi connectivity index (χ4n) is 3.89. The Morgan fingerprint density at radius 1 is 1.18 bits per heavy atom. The molecule has 1 heterocycles. The lowest BCUT2D eigenvalue weighted by Gasteiger charge is -2.23. The molecule has 5 heteroatoms. The molecule has 1 amide bonds. The van der Waals surface area contributed by atoms with E-state index in [9.17, 15) is 4.79 Å². The molecule has 150 valence electrons. The van der Waals surface area contributed by atoms with E-state index in [1.54, 1.807) is 19.1 Å². The minimum Gasteiger partial charge on any atom is -0.383 e. The lowest BCUT2D eigenvalue weighted by molar-refractivity contribution is -0.128. The van der Waals surface area contributed by atoms with E-state index in [0.29, 0.717) is 12.6 Å². The molecule has 0 aliphatic carbocycles. The van der Waals surface area contributed by atoms with Gasteiger partial charge in [0.2, 0.25) is 5.91 Å². The van der Waals surface area contributed by atoms with Gasteiger partial charge in [0.25, 0.3) is 0 Å². The predicted octanol–water partition coefficient (Wildman–Crippen LogP) is 2.88. The summed E-state index contributed by atoms with van der Waals surface area (Å²) in [6.07, 6.45) is 2.47. The molecule has 1 saturated heterocycles. The van der Waals surface area contributed by atoms with Crippen molar-refractivity contribution in [3.05, 3.63) is 59.7 Å². The zero-order chi connectivity index (χ0) is 19.9. The van der Waals surface area contributed by atoms with E-state index < -0.39 is 0 Å². The van der Waals surface area contributed by atoms with Gasteiger partial charge in [-0.25, -0.2) is 0 Å². The van der Waals surface area contributed by atoms with Crippen molar-refractivity contribution < 1.29 is 9.53 Å². The summed E-state index contributed by atoms with van der Waals surface area (Å²) in [6.45, 7) is 3.54. The summed E-state index contributed by atoms with van der Waals surface area (Å²) >= 11 is 0. The molecule has 1 aliphatic heterocycles. The van der Waals surface area contributed by atoms with Crippen LogP contribution in [0, 0.1) is 0 Å². The van der Waals surface area contributed by atoms with Gasteiger partial charge in [0.1, 0.15) is 0 Å². The molecular weight excluding hydrogens is 350 g/mol. The van der Waals surface area contributed by atoms with Gasteiger partial charge in [0.15, 0.2) is 0 Å². The van der Waals surface area contributed by atoms with E-state index >= 15 is 0 Å². The maximum Gasteiger partial charge on any atom is 0.236 e. The third kappa shape index (κ3) is 5.19. The second-order valence-electron chi connectivity index (χ2n) is 7.57. The average Bonchev–Trinajstić information content (AvgIpc) is 3.15. The highest BCUT2D eigenvalue weighted by Crippen LogP contribution is 2.24. The maximum atomic E-state index is 11.7. The first-order valence-electron chi connectivity index (χ1n) is 9.96. The Morgan fingerprint density at radius 3 is 2.68 bits per heavy atom. The van der Waals surface area contributed by atoms with Crippen molar-refractivity contribution in [2.24, 2.45) is 5.73 Å². The van der Waals surface area contributed by atoms with Gasteiger partial charge in [-0.1, -0.05) is 42.5 Å². The normalized spacial score (nSPS) is 17.0. The number of nitrogens with zero attached hydrogens (tertiary/aromatic N) is 2. The number of methoxy groups -OCH3 is 1. The zero-order valence-corrected chi connectivity index (χ0v) is 16.9.